The van der Waals surface area contributed by atoms with Crippen molar-refractivity contribution in [3.05, 3.63) is 78.4 Å². The highest BCUT2D eigenvalue weighted by atomic mass is 32.1. The number of anilines is 2. The van der Waals surface area contributed by atoms with Gasteiger partial charge in [0.2, 0.25) is 5.91 Å². The van der Waals surface area contributed by atoms with E-state index in [1.807, 2.05) is 43.3 Å². The van der Waals surface area contributed by atoms with Crippen molar-refractivity contribution in [1.29, 1.82) is 0 Å². The normalized spacial score (nSPS) is 15.0. The van der Waals surface area contributed by atoms with Gasteiger partial charge >= 0.3 is 0 Å². The van der Waals surface area contributed by atoms with Gasteiger partial charge in [0.1, 0.15) is 23.3 Å². The maximum atomic E-state index is 13.7. The first-order chi connectivity index (χ1) is 18.4. The molecule has 38 heavy (non-hydrogen) atoms. The lowest BCUT2D eigenvalue weighted by atomic mass is 10.1. The fourth-order valence-corrected chi connectivity index (χ4v) is 4.54. The van der Waals surface area contributed by atoms with Gasteiger partial charge in [0.05, 0.1) is 32.9 Å². The number of carbonyl (C=O) groups is 2. The van der Waals surface area contributed by atoms with E-state index in [4.69, 9.17) is 26.4 Å². The summed E-state index contributed by atoms with van der Waals surface area (Å²) in [7, 11) is 3.19. The lowest BCUT2D eigenvalue weighted by Gasteiger charge is -2.24. The minimum atomic E-state index is -0.765. The number of ether oxygens (including phenoxy) is 3. The number of rotatable bonds is 11. The Labute approximate surface area is 228 Å². The van der Waals surface area contributed by atoms with Gasteiger partial charge in [-0.15, -0.1) is 0 Å². The molecular formula is C29H31N3O5S. The summed E-state index contributed by atoms with van der Waals surface area (Å²) in [4.78, 5) is 30.0. The van der Waals surface area contributed by atoms with E-state index in [0.717, 1.165) is 23.5 Å². The van der Waals surface area contributed by atoms with Crippen LogP contribution in [0.4, 0.5) is 11.4 Å². The summed E-state index contributed by atoms with van der Waals surface area (Å²) < 4.78 is 16.1. The van der Waals surface area contributed by atoms with E-state index in [1.165, 1.54) is 4.90 Å². The zero-order valence-corrected chi connectivity index (χ0v) is 22.5. The average Bonchev–Trinajstić information content (AvgIpc) is 3.16. The second-order valence-electron chi connectivity index (χ2n) is 8.77. The highest BCUT2D eigenvalue weighted by molar-refractivity contribution is 7.80. The van der Waals surface area contributed by atoms with Crippen molar-refractivity contribution < 1.29 is 23.8 Å². The van der Waals surface area contributed by atoms with Crippen molar-refractivity contribution in [2.45, 2.75) is 32.4 Å². The summed E-state index contributed by atoms with van der Waals surface area (Å²) in [5.41, 5.74) is 2.18. The molecule has 1 atom stereocenters. The predicted molar refractivity (Wildman–Crippen MR) is 151 cm³/mol. The first kappa shape index (κ1) is 26.9. The van der Waals surface area contributed by atoms with Gasteiger partial charge < -0.3 is 24.4 Å². The molecule has 8 nitrogen and oxygen atoms in total. The third-order valence-electron chi connectivity index (χ3n) is 6.15. The maximum Gasteiger partial charge on any atom is 0.256 e. The minimum absolute atomic E-state index is 0.0597. The fourth-order valence-electron chi connectivity index (χ4n) is 4.15. The Bertz CT molecular complexity index is 1260. The highest BCUT2D eigenvalue weighted by Gasteiger charge is 2.44. The molecule has 0 bridgehead atoms. The molecule has 3 aromatic rings. The van der Waals surface area contributed by atoms with Crippen molar-refractivity contribution >= 4 is 40.5 Å². The SMILES string of the molecule is CCCOc1ccc(NC(=O)C[C@@H]2C(=O)N(c3ccc(OC)cc3)C(=S)N2Cc2ccc(OC)cc2)cc1. The Hall–Kier alpha value is -4.11. The molecule has 9 heteroatoms. The summed E-state index contributed by atoms with van der Waals surface area (Å²) in [6, 6.07) is 21.1. The van der Waals surface area contributed by atoms with E-state index in [-0.39, 0.29) is 18.2 Å². The number of nitrogens with zero attached hydrogens (tertiary/aromatic N) is 2. The summed E-state index contributed by atoms with van der Waals surface area (Å²) in [6.45, 7) is 3.03. The van der Waals surface area contributed by atoms with Crippen molar-refractivity contribution in [2.75, 3.05) is 31.0 Å². The van der Waals surface area contributed by atoms with Crippen LogP contribution in [0.15, 0.2) is 72.8 Å². The highest BCUT2D eigenvalue weighted by Crippen LogP contribution is 2.30. The van der Waals surface area contributed by atoms with E-state index in [0.29, 0.717) is 35.4 Å². The zero-order valence-electron chi connectivity index (χ0n) is 21.7. The molecule has 1 heterocycles. The Morgan fingerprint density at radius 2 is 1.47 bits per heavy atom. The van der Waals surface area contributed by atoms with Gasteiger partial charge in [-0.3, -0.25) is 14.5 Å². The number of hydrogen-bond donors (Lipinski definition) is 1. The van der Waals surface area contributed by atoms with Crippen LogP contribution in [0, 0.1) is 0 Å². The molecular weight excluding hydrogens is 502 g/mol. The first-order valence-electron chi connectivity index (χ1n) is 12.4. The van der Waals surface area contributed by atoms with Crippen LogP contribution in [0.2, 0.25) is 0 Å². The number of hydrogen-bond acceptors (Lipinski definition) is 6. The van der Waals surface area contributed by atoms with Gasteiger partial charge in [0, 0.05) is 12.2 Å². The number of benzene rings is 3. The smallest absolute Gasteiger partial charge is 0.256 e. The van der Waals surface area contributed by atoms with Crippen LogP contribution in [-0.4, -0.2) is 48.7 Å². The average molecular weight is 534 g/mol. The number of nitrogens with one attached hydrogen (secondary N) is 1. The third kappa shape index (κ3) is 6.23. The number of thiocarbonyl (C=S) groups is 1. The maximum absolute atomic E-state index is 13.7. The lowest BCUT2D eigenvalue weighted by Crippen LogP contribution is -2.37. The molecule has 0 spiro atoms. The first-order valence-corrected chi connectivity index (χ1v) is 12.8. The molecule has 0 radical (unpaired) electrons. The molecule has 1 N–H and O–H groups in total. The Morgan fingerprint density at radius 1 is 0.895 bits per heavy atom. The van der Waals surface area contributed by atoms with Gasteiger partial charge in [0.25, 0.3) is 5.91 Å². The van der Waals surface area contributed by atoms with E-state index in [2.05, 4.69) is 5.32 Å². The molecule has 2 amide bonds. The second-order valence-corrected chi connectivity index (χ2v) is 9.14. The molecule has 1 fully saturated rings. The number of amides is 2. The van der Waals surface area contributed by atoms with Crippen molar-refractivity contribution in [3.8, 4) is 17.2 Å². The molecule has 198 valence electrons. The molecule has 4 rings (SSSR count). The fraction of sp³-hybridized carbons (Fsp3) is 0.276. The van der Waals surface area contributed by atoms with Crippen LogP contribution in [0.25, 0.3) is 0 Å². The molecule has 1 saturated heterocycles. The predicted octanol–water partition coefficient (Wildman–Crippen LogP) is 5.02. The third-order valence-corrected chi connectivity index (χ3v) is 6.57. The standard InChI is InChI=1S/C29H31N3O5S/c1-4-17-37-25-13-7-21(8-14-25)30-27(33)18-26-28(34)32(22-9-15-24(36-3)16-10-22)29(38)31(26)19-20-5-11-23(35-2)12-6-20/h5-16,26H,4,17-19H2,1-3H3,(H,30,33)/t26-/m1/s1. The molecule has 0 saturated carbocycles. The lowest BCUT2D eigenvalue weighted by molar-refractivity contribution is -0.124. The molecule has 0 aliphatic carbocycles. The van der Waals surface area contributed by atoms with E-state index in [9.17, 15) is 9.59 Å². The van der Waals surface area contributed by atoms with E-state index in [1.54, 1.807) is 55.5 Å². The van der Waals surface area contributed by atoms with Crippen molar-refractivity contribution in [3.63, 3.8) is 0 Å². The van der Waals surface area contributed by atoms with Gasteiger partial charge in [-0.1, -0.05) is 19.1 Å². The van der Waals surface area contributed by atoms with Gasteiger partial charge in [0.15, 0.2) is 5.11 Å². The van der Waals surface area contributed by atoms with Gasteiger partial charge in [-0.25, -0.2) is 0 Å². The summed E-state index contributed by atoms with van der Waals surface area (Å²) in [5.74, 6) is 1.60. The van der Waals surface area contributed by atoms with Gasteiger partial charge in [-0.2, -0.15) is 0 Å². The van der Waals surface area contributed by atoms with Crippen LogP contribution in [0.1, 0.15) is 25.3 Å². The monoisotopic (exact) mass is 533 g/mol. The molecule has 3 aromatic carbocycles. The largest absolute Gasteiger partial charge is 0.497 e. The number of carbonyl (C=O) groups excluding carboxylic acids is 2. The number of methoxy groups -OCH3 is 2. The Kier molecular flexibility index (Phi) is 8.81. The summed E-state index contributed by atoms with van der Waals surface area (Å²) in [5, 5.41) is 3.23. The summed E-state index contributed by atoms with van der Waals surface area (Å²) in [6.07, 6.45) is 0.853. The Balaban J connectivity index is 1.54. The van der Waals surface area contributed by atoms with Crippen LogP contribution in [-0.2, 0) is 16.1 Å². The molecule has 1 aliphatic rings. The quantitative estimate of drug-likeness (QED) is 0.347. The molecule has 1 aliphatic heterocycles. The van der Waals surface area contributed by atoms with Crippen LogP contribution >= 0.6 is 12.2 Å². The molecule has 0 aromatic heterocycles. The molecule has 0 unspecified atom stereocenters. The summed E-state index contributed by atoms with van der Waals surface area (Å²) >= 11 is 5.77. The van der Waals surface area contributed by atoms with Crippen LogP contribution < -0.4 is 24.4 Å². The van der Waals surface area contributed by atoms with E-state index < -0.39 is 6.04 Å². The zero-order chi connectivity index (χ0) is 27.1. The Morgan fingerprint density at radius 3 is 2.05 bits per heavy atom. The second kappa shape index (κ2) is 12.4. The van der Waals surface area contributed by atoms with Crippen molar-refractivity contribution in [2.24, 2.45) is 0 Å². The van der Waals surface area contributed by atoms with E-state index >= 15 is 0 Å². The van der Waals surface area contributed by atoms with Crippen LogP contribution in [0.5, 0.6) is 17.2 Å². The minimum Gasteiger partial charge on any atom is -0.497 e. The topological polar surface area (TPSA) is 80.3 Å². The van der Waals surface area contributed by atoms with Crippen molar-refractivity contribution in [1.82, 2.24) is 4.90 Å². The van der Waals surface area contributed by atoms with Gasteiger partial charge in [-0.05, 0) is 84.9 Å². The van der Waals surface area contributed by atoms with Crippen LogP contribution in [0.3, 0.4) is 0 Å².